The second-order valence-corrected chi connectivity index (χ2v) is 9.15. The Morgan fingerprint density at radius 2 is 1.83 bits per heavy atom. The summed E-state index contributed by atoms with van der Waals surface area (Å²) in [5.74, 6) is 1.01. The maximum atomic E-state index is 13.1. The van der Waals surface area contributed by atoms with Gasteiger partial charge in [0.2, 0.25) is 16.8 Å². The third-order valence-electron chi connectivity index (χ3n) is 5.35. The van der Waals surface area contributed by atoms with E-state index in [1.54, 1.807) is 36.9 Å². The normalized spacial score (nSPS) is 16.3. The zero-order valence-electron chi connectivity index (χ0n) is 16.6. The number of likely N-dealkylation sites (tertiary alicyclic amines) is 1. The topological polar surface area (TPSA) is 101 Å². The van der Waals surface area contributed by atoms with Crippen LogP contribution in [0.4, 0.5) is 0 Å². The fourth-order valence-electron chi connectivity index (χ4n) is 3.91. The van der Waals surface area contributed by atoms with Gasteiger partial charge in [-0.25, -0.2) is 13.1 Å². The van der Waals surface area contributed by atoms with Crippen molar-refractivity contribution in [2.24, 2.45) is 0 Å². The number of aromatic amines is 1. The molecule has 1 amide bonds. The van der Waals surface area contributed by atoms with Gasteiger partial charge in [0.1, 0.15) is 4.90 Å². The summed E-state index contributed by atoms with van der Waals surface area (Å²) in [5.41, 5.74) is 2.01. The number of ether oxygens (including phenoxy) is 2. The lowest BCUT2D eigenvalue weighted by molar-refractivity contribution is 0.0720. The Morgan fingerprint density at radius 1 is 1.10 bits per heavy atom. The number of carbonyl (C=O) groups is 1. The van der Waals surface area contributed by atoms with Crippen molar-refractivity contribution in [2.75, 3.05) is 19.9 Å². The Labute approximate surface area is 170 Å². The molecule has 1 fully saturated rings. The van der Waals surface area contributed by atoms with Crippen LogP contribution in [0.1, 0.15) is 46.6 Å². The zero-order chi connectivity index (χ0) is 20.6. The number of carbonyl (C=O) groups excluding carboxylic acids is 1. The van der Waals surface area contributed by atoms with E-state index in [1.807, 2.05) is 0 Å². The van der Waals surface area contributed by atoms with Crippen LogP contribution in [0.5, 0.6) is 11.5 Å². The van der Waals surface area contributed by atoms with Gasteiger partial charge in [-0.05, 0) is 50.8 Å². The van der Waals surface area contributed by atoms with Crippen LogP contribution in [0.15, 0.2) is 23.1 Å². The highest BCUT2D eigenvalue weighted by molar-refractivity contribution is 7.89. The Kier molecular flexibility index (Phi) is 5.26. The lowest BCUT2D eigenvalue weighted by Gasteiger charge is -2.27. The average molecular weight is 420 g/mol. The van der Waals surface area contributed by atoms with E-state index < -0.39 is 10.0 Å². The van der Waals surface area contributed by atoms with Gasteiger partial charge in [0, 0.05) is 31.0 Å². The van der Waals surface area contributed by atoms with E-state index in [4.69, 9.17) is 9.47 Å². The van der Waals surface area contributed by atoms with Gasteiger partial charge in [-0.1, -0.05) is 6.07 Å². The first-order valence-electron chi connectivity index (χ1n) is 9.73. The van der Waals surface area contributed by atoms with Crippen molar-refractivity contribution in [2.45, 2.75) is 44.6 Å². The zero-order valence-corrected chi connectivity index (χ0v) is 17.4. The Balaban J connectivity index is 1.58. The number of aromatic nitrogens is 1. The molecule has 0 radical (unpaired) electrons. The van der Waals surface area contributed by atoms with Gasteiger partial charge < -0.3 is 19.4 Å². The summed E-state index contributed by atoms with van der Waals surface area (Å²) in [4.78, 5) is 17.9. The number of nitrogens with zero attached hydrogens (tertiary/aromatic N) is 1. The SMILES string of the molecule is Cc1[nH]c(C)c(S(=O)(=O)NCc2ccc3c(c2)OCO3)c1C(=O)N1CCCCC1. The number of sulfonamides is 1. The largest absolute Gasteiger partial charge is 0.454 e. The average Bonchev–Trinajstić information content (AvgIpc) is 3.29. The quantitative estimate of drug-likeness (QED) is 0.775. The van der Waals surface area contributed by atoms with E-state index >= 15 is 0 Å². The van der Waals surface area contributed by atoms with E-state index in [-0.39, 0.29) is 29.7 Å². The van der Waals surface area contributed by atoms with Crippen LogP contribution in [0.2, 0.25) is 0 Å². The molecule has 1 aromatic heterocycles. The van der Waals surface area contributed by atoms with Crippen LogP contribution >= 0.6 is 0 Å². The van der Waals surface area contributed by atoms with Gasteiger partial charge in [0.05, 0.1) is 5.56 Å². The number of piperidine rings is 1. The molecule has 4 rings (SSSR count). The highest BCUT2D eigenvalue weighted by Gasteiger charge is 2.31. The van der Waals surface area contributed by atoms with Gasteiger partial charge in [0.25, 0.3) is 5.91 Å². The van der Waals surface area contributed by atoms with E-state index in [1.165, 1.54) is 0 Å². The number of amides is 1. The molecule has 8 nitrogen and oxygen atoms in total. The predicted molar refractivity (Wildman–Crippen MR) is 107 cm³/mol. The van der Waals surface area contributed by atoms with E-state index in [2.05, 4.69) is 9.71 Å². The van der Waals surface area contributed by atoms with Crippen LogP contribution in [0, 0.1) is 13.8 Å². The molecule has 29 heavy (non-hydrogen) atoms. The molecule has 0 bridgehead atoms. The molecule has 1 aromatic carbocycles. The molecule has 0 spiro atoms. The minimum Gasteiger partial charge on any atom is -0.454 e. The first-order valence-corrected chi connectivity index (χ1v) is 11.2. The third kappa shape index (κ3) is 3.84. The summed E-state index contributed by atoms with van der Waals surface area (Å²) >= 11 is 0. The number of rotatable bonds is 5. The van der Waals surface area contributed by atoms with Crippen molar-refractivity contribution in [1.29, 1.82) is 0 Å². The van der Waals surface area contributed by atoms with E-state index in [0.29, 0.717) is 36.0 Å². The predicted octanol–water partition coefficient (Wildman–Crippen LogP) is 2.46. The van der Waals surface area contributed by atoms with Gasteiger partial charge in [-0.15, -0.1) is 0 Å². The van der Waals surface area contributed by atoms with Gasteiger partial charge in [-0.3, -0.25) is 4.79 Å². The molecule has 2 N–H and O–H groups in total. The summed E-state index contributed by atoms with van der Waals surface area (Å²) in [6.45, 7) is 4.98. The molecule has 2 aromatic rings. The number of H-pyrrole nitrogens is 1. The molecule has 2 aliphatic heterocycles. The van der Waals surface area contributed by atoms with E-state index in [0.717, 1.165) is 24.8 Å². The Bertz CT molecular complexity index is 1040. The molecule has 2 aliphatic rings. The maximum absolute atomic E-state index is 13.1. The molecule has 1 saturated heterocycles. The highest BCUT2D eigenvalue weighted by atomic mass is 32.2. The second kappa shape index (κ2) is 7.72. The van der Waals surface area contributed by atoms with Crippen LogP contribution in [-0.2, 0) is 16.6 Å². The molecule has 0 saturated carbocycles. The Morgan fingerprint density at radius 3 is 2.59 bits per heavy atom. The standard InChI is InChI=1S/C20H25N3O5S/c1-13-18(20(24)23-8-4-3-5-9-23)19(14(2)22-13)29(25,26)21-11-15-6-7-16-17(10-15)28-12-27-16/h6-7,10,21-22H,3-5,8-9,11-12H2,1-2H3. The van der Waals surface area contributed by atoms with Crippen molar-refractivity contribution < 1.29 is 22.7 Å². The number of aryl methyl sites for hydroxylation is 2. The molecule has 156 valence electrons. The summed E-state index contributed by atoms with van der Waals surface area (Å²) in [6.07, 6.45) is 2.98. The molecule has 0 unspecified atom stereocenters. The fourth-order valence-corrected chi connectivity index (χ4v) is 5.37. The molecule has 0 atom stereocenters. The number of hydrogen-bond acceptors (Lipinski definition) is 5. The second-order valence-electron chi connectivity index (χ2n) is 7.44. The molecule has 3 heterocycles. The van der Waals surface area contributed by atoms with Gasteiger partial charge in [-0.2, -0.15) is 0 Å². The summed E-state index contributed by atoms with van der Waals surface area (Å²) in [7, 11) is -3.90. The number of nitrogens with one attached hydrogen (secondary N) is 2. The first-order chi connectivity index (χ1) is 13.9. The maximum Gasteiger partial charge on any atom is 0.257 e. The molecule has 9 heteroatoms. The summed E-state index contributed by atoms with van der Waals surface area (Å²) < 4.78 is 39.5. The molecular formula is C20H25N3O5S. The monoisotopic (exact) mass is 419 g/mol. The molecule has 0 aliphatic carbocycles. The minimum atomic E-state index is -3.90. The summed E-state index contributed by atoms with van der Waals surface area (Å²) in [5, 5.41) is 0. The third-order valence-corrected chi connectivity index (χ3v) is 6.92. The van der Waals surface area contributed by atoms with Crippen molar-refractivity contribution in [3.8, 4) is 11.5 Å². The summed E-state index contributed by atoms with van der Waals surface area (Å²) in [6, 6.07) is 5.29. The lowest BCUT2D eigenvalue weighted by Crippen LogP contribution is -2.37. The minimum absolute atomic E-state index is 0.0336. The van der Waals surface area contributed by atoms with Crippen LogP contribution in [0.3, 0.4) is 0 Å². The number of fused-ring (bicyclic) bond motifs is 1. The van der Waals surface area contributed by atoms with Crippen molar-refractivity contribution in [3.63, 3.8) is 0 Å². The lowest BCUT2D eigenvalue weighted by atomic mass is 10.1. The van der Waals surface area contributed by atoms with Crippen molar-refractivity contribution in [1.82, 2.24) is 14.6 Å². The molecular weight excluding hydrogens is 394 g/mol. The number of hydrogen-bond donors (Lipinski definition) is 2. The van der Waals surface area contributed by atoms with Crippen LogP contribution in [-0.4, -0.2) is 44.1 Å². The van der Waals surface area contributed by atoms with Gasteiger partial charge in [0.15, 0.2) is 11.5 Å². The van der Waals surface area contributed by atoms with Crippen molar-refractivity contribution >= 4 is 15.9 Å². The smallest absolute Gasteiger partial charge is 0.257 e. The van der Waals surface area contributed by atoms with E-state index in [9.17, 15) is 13.2 Å². The van der Waals surface area contributed by atoms with Crippen LogP contribution < -0.4 is 14.2 Å². The Hall–Kier alpha value is -2.52. The highest BCUT2D eigenvalue weighted by Crippen LogP contribution is 2.33. The first kappa shape index (κ1) is 19.8. The van der Waals surface area contributed by atoms with Crippen molar-refractivity contribution in [3.05, 3.63) is 40.7 Å². The number of benzene rings is 1. The van der Waals surface area contributed by atoms with Gasteiger partial charge >= 0.3 is 0 Å². The fraction of sp³-hybridized carbons (Fsp3) is 0.450. The van der Waals surface area contributed by atoms with Crippen LogP contribution in [0.25, 0.3) is 0 Å².